The lowest BCUT2D eigenvalue weighted by Gasteiger charge is -2.13. The van der Waals surface area contributed by atoms with Crippen LogP contribution in [0.4, 0.5) is 0 Å². The fourth-order valence-corrected chi connectivity index (χ4v) is 1.31. The molecule has 0 aromatic heterocycles. The molecule has 1 amide bonds. The maximum Gasteiger partial charge on any atom is 0.234 e. The number of carbonyl (C=O) groups excluding carboxylic acids is 1. The van der Waals surface area contributed by atoms with E-state index in [1.165, 1.54) is 0 Å². The van der Waals surface area contributed by atoms with Crippen molar-refractivity contribution in [3.05, 3.63) is 0 Å². The van der Waals surface area contributed by atoms with E-state index >= 15 is 0 Å². The number of hydrogen-bond donors (Lipinski definition) is 2. The van der Waals surface area contributed by atoms with Crippen molar-refractivity contribution in [2.45, 2.75) is 13.0 Å². The quantitative estimate of drug-likeness (QED) is 0.482. The lowest BCUT2D eigenvalue weighted by molar-refractivity contribution is -0.121. The molecule has 0 rings (SSSR count). The van der Waals surface area contributed by atoms with Crippen LogP contribution in [0, 0.1) is 0 Å². The second-order valence-electron chi connectivity index (χ2n) is 4.52. The first-order chi connectivity index (χ1) is 8.56. The van der Waals surface area contributed by atoms with E-state index in [-0.39, 0.29) is 11.9 Å². The predicted molar refractivity (Wildman–Crippen MR) is 71.7 cm³/mol. The van der Waals surface area contributed by atoms with Crippen molar-refractivity contribution in [2.75, 3.05) is 60.7 Å². The van der Waals surface area contributed by atoms with E-state index in [0.717, 1.165) is 6.54 Å². The Balaban J connectivity index is 3.30. The molecule has 2 N–H and O–H groups in total. The molecular formula is C12H27N3O3. The molecule has 0 saturated carbocycles. The van der Waals surface area contributed by atoms with E-state index < -0.39 is 0 Å². The smallest absolute Gasteiger partial charge is 0.234 e. The maximum absolute atomic E-state index is 11.4. The van der Waals surface area contributed by atoms with Crippen LogP contribution in [-0.4, -0.2) is 77.5 Å². The van der Waals surface area contributed by atoms with Crippen LogP contribution in [0.25, 0.3) is 0 Å². The Morgan fingerprint density at radius 3 is 2.67 bits per heavy atom. The van der Waals surface area contributed by atoms with Gasteiger partial charge < -0.3 is 25.0 Å². The summed E-state index contributed by atoms with van der Waals surface area (Å²) in [4.78, 5) is 13.5. The van der Waals surface area contributed by atoms with Gasteiger partial charge in [-0.05, 0) is 21.0 Å². The summed E-state index contributed by atoms with van der Waals surface area (Å²) in [6, 6.07) is 0.0423. The van der Waals surface area contributed by atoms with Gasteiger partial charge in [-0.2, -0.15) is 0 Å². The van der Waals surface area contributed by atoms with Crippen molar-refractivity contribution in [1.29, 1.82) is 0 Å². The molecule has 0 aliphatic rings. The van der Waals surface area contributed by atoms with E-state index in [1.54, 1.807) is 7.11 Å². The molecule has 0 bridgehead atoms. The fraction of sp³-hybridized carbons (Fsp3) is 0.917. The molecule has 0 saturated heterocycles. The Labute approximate surface area is 110 Å². The Bertz CT molecular complexity index is 213. The van der Waals surface area contributed by atoms with E-state index in [1.807, 2.05) is 21.0 Å². The minimum atomic E-state index is -0.0205. The minimum Gasteiger partial charge on any atom is -0.383 e. The highest BCUT2D eigenvalue weighted by Gasteiger charge is 2.05. The molecule has 6 heteroatoms. The molecule has 18 heavy (non-hydrogen) atoms. The standard InChI is InChI=1S/C12H27N3O3/c1-11(10-17-4)14-12(16)9-13-5-7-18-8-6-15(2)3/h11,13H,5-10H2,1-4H3,(H,14,16). The van der Waals surface area contributed by atoms with Crippen LogP contribution >= 0.6 is 0 Å². The number of amides is 1. The zero-order chi connectivity index (χ0) is 13.8. The highest BCUT2D eigenvalue weighted by Crippen LogP contribution is 1.82. The highest BCUT2D eigenvalue weighted by atomic mass is 16.5. The summed E-state index contributed by atoms with van der Waals surface area (Å²) in [5.74, 6) is -0.0205. The molecule has 0 spiro atoms. The summed E-state index contributed by atoms with van der Waals surface area (Å²) >= 11 is 0. The molecule has 0 aliphatic heterocycles. The SMILES string of the molecule is COCC(C)NC(=O)CNCCOCCN(C)C. The highest BCUT2D eigenvalue weighted by molar-refractivity contribution is 5.78. The molecule has 1 unspecified atom stereocenters. The van der Waals surface area contributed by atoms with Crippen LogP contribution in [-0.2, 0) is 14.3 Å². The lowest BCUT2D eigenvalue weighted by atomic mass is 10.3. The van der Waals surface area contributed by atoms with E-state index in [9.17, 15) is 4.79 Å². The Morgan fingerprint density at radius 1 is 1.33 bits per heavy atom. The summed E-state index contributed by atoms with van der Waals surface area (Å²) in [6.45, 7) is 5.67. The maximum atomic E-state index is 11.4. The Kier molecular flexibility index (Phi) is 11.0. The molecule has 0 heterocycles. The average molecular weight is 261 g/mol. The molecule has 0 aliphatic carbocycles. The first-order valence-corrected chi connectivity index (χ1v) is 6.27. The molecule has 0 aromatic rings. The summed E-state index contributed by atoms with van der Waals surface area (Å²) in [5.41, 5.74) is 0. The van der Waals surface area contributed by atoms with Crippen molar-refractivity contribution in [3.8, 4) is 0 Å². The van der Waals surface area contributed by atoms with Gasteiger partial charge in [-0.3, -0.25) is 4.79 Å². The third kappa shape index (κ3) is 11.8. The van der Waals surface area contributed by atoms with Crippen molar-refractivity contribution >= 4 is 5.91 Å². The van der Waals surface area contributed by atoms with Gasteiger partial charge in [-0.1, -0.05) is 0 Å². The first-order valence-electron chi connectivity index (χ1n) is 6.27. The molecule has 0 radical (unpaired) electrons. The average Bonchev–Trinajstić information content (AvgIpc) is 2.27. The fourth-order valence-electron chi connectivity index (χ4n) is 1.31. The minimum absolute atomic E-state index is 0.0205. The molecular weight excluding hydrogens is 234 g/mol. The van der Waals surface area contributed by atoms with Crippen molar-refractivity contribution in [2.24, 2.45) is 0 Å². The molecule has 6 nitrogen and oxygen atoms in total. The monoisotopic (exact) mass is 261 g/mol. The van der Waals surface area contributed by atoms with Crippen LogP contribution in [0.15, 0.2) is 0 Å². The third-order valence-corrected chi connectivity index (χ3v) is 2.22. The number of nitrogens with one attached hydrogen (secondary N) is 2. The van der Waals surface area contributed by atoms with Crippen molar-refractivity contribution in [3.63, 3.8) is 0 Å². The van der Waals surface area contributed by atoms with Gasteiger partial charge in [-0.25, -0.2) is 0 Å². The number of nitrogens with zero attached hydrogens (tertiary/aromatic N) is 1. The van der Waals surface area contributed by atoms with Crippen LogP contribution in [0.2, 0.25) is 0 Å². The zero-order valence-electron chi connectivity index (χ0n) is 12.0. The second kappa shape index (κ2) is 11.4. The van der Waals surface area contributed by atoms with Gasteiger partial charge in [0.15, 0.2) is 0 Å². The Hall–Kier alpha value is -0.690. The summed E-state index contributed by atoms with van der Waals surface area (Å²) in [6.07, 6.45) is 0. The predicted octanol–water partition coefficient (Wildman–Crippen LogP) is -0.695. The van der Waals surface area contributed by atoms with Crippen molar-refractivity contribution in [1.82, 2.24) is 15.5 Å². The summed E-state index contributed by atoms with van der Waals surface area (Å²) < 4.78 is 10.3. The Morgan fingerprint density at radius 2 is 2.06 bits per heavy atom. The normalized spacial score (nSPS) is 12.7. The van der Waals surface area contributed by atoms with Crippen LogP contribution < -0.4 is 10.6 Å². The second-order valence-corrected chi connectivity index (χ2v) is 4.52. The molecule has 0 aromatic carbocycles. The zero-order valence-corrected chi connectivity index (χ0v) is 12.0. The number of methoxy groups -OCH3 is 1. The number of likely N-dealkylation sites (N-methyl/N-ethyl adjacent to an activating group) is 1. The van der Waals surface area contributed by atoms with Crippen LogP contribution in [0.5, 0.6) is 0 Å². The number of hydrogen-bond acceptors (Lipinski definition) is 5. The third-order valence-electron chi connectivity index (χ3n) is 2.22. The molecule has 0 fully saturated rings. The van der Waals surface area contributed by atoms with E-state index in [2.05, 4.69) is 15.5 Å². The topological polar surface area (TPSA) is 62.8 Å². The van der Waals surface area contributed by atoms with Gasteiger partial charge in [-0.15, -0.1) is 0 Å². The summed E-state index contributed by atoms with van der Waals surface area (Å²) in [5, 5.41) is 5.85. The van der Waals surface area contributed by atoms with Crippen LogP contribution in [0.1, 0.15) is 6.92 Å². The molecule has 1 atom stereocenters. The number of ether oxygens (including phenoxy) is 2. The summed E-state index contributed by atoms with van der Waals surface area (Å²) in [7, 11) is 5.63. The first kappa shape index (κ1) is 17.3. The van der Waals surface area contributed by atoms with Crippen LogP contribution in [0.3, 0.4) is 0 Å². The van der Waals surface area contributed by atoms with E-state index in [0.29, 0.717) is 32.9 Å². The van der Waals surface area contributed by atoms with E-state index in [4.69, 9.17) is 9.47 Å². The van der Waals surface area contributed by atoms with Gasteiger partial charge in [0.2, 0.25) is 5.91 Å². The largest absolute Gasteiger partial charge is 0.383 e. The number of rotatable bonds is 11. The van der Waals surface area contributed by atoms with Crippen molar-refractivity contribution < 1.29 is 14.3 Å². The lowest BCUT2D eigenvalue weighted by Crippen LogP contribution is -2.41. The van der Waals surface area contributed by atoms with Gasteiger partial charge in [0.25, 0.3) is 0 Å². The van der Waals surface area contributed by atoms with Gasteiger partial charge >= 0.3 is 0 Å². The van der Waals surface area contributed by atoms with Gasteiger partial charge in [0, 0.05) is 26.2 Å². The number of carbonyl (C=O) groups is 1. The molecule has 108 valence electrons. The van der Waals surface area contributed by atoms with Gasteiger partial charge in [0.1, 0.15) is 0 Å². The van der Waals surface area contributed by atoms with Gasteiger partial charge in [0.05, 0.1) is 26.4 Å².